The summed E-state index contributed by atoms with van der Waals surface area (Å²) in [5.41, 5.74) is 2.46. The van der Waals surface area contributed by atoms with Gasteiger partial charge >= 0.3 is 12.3 Å². The zero-order valence-electron chi connectivity index (χ0n) is 13.4. The number of aryl methyl sites for hydroxylation is 1. The maximum atomic E-state index is 12.4. The molecule has 0 saturated carbocycles. The van der Waals surface area contributed by atoms with Crippen molar-refractivity contribution in [3.8, 4) is 16.9 Å². The summed E-state index contributed by atoms with van der Waals surface area (Å²) in [5.74, 6) is -1.71. The zero-order chi connectivity index (χ0) is 18.9. The van der Waals surface area contributed by atoms with Crippen LogP contribution in [0.1, 0.15) is 12.0 Å². The minimum absolute atomic E-state index is 0.182. The fourth-order valence-electron chi connectivity index (χ4n) is 2.92. The first-order valence-electron chi connectivity index (χ1n) is 7.74. The lowest BCUT2D eigenvalue weighted by atomic mass is 9.95. The standard InChI is InChI=1S/C18H14F3NO4/c19-18(20,21)26-14-3-1-2-11(9-14)12-4-6-15-13(8-12)5-7-16(23)22(15)10-17(24)25/h1-4,6,8-9H,5,7,10H2,(H,24,25). The van der Waals surface area contributed by atoms with Crippen LogP contribution in [0.15, 0.2) is 42.5 Å². The number of carboxylic acid groups (broad SMARTS) is 1. The van der Waals surface area contributed by atoms with Crippen LogP contribution in [0.3, 0.4) is 0 Å². The minimum atomic E-state index is -4.77. The molecule has 1 amide bonds. The molecule has 1 N–H and O–H groups in total. The summed E-state index contributed by atoms with van der Waals surface area (Å²) in [5, 5.41) is 8.97. The van der Waals surface area contributed by atoms with E-state index >= 15 is 0 Å². The second kappa shape index (κ2) is 6.70. The molecule has 0 unspecified atom stereocenters. The molecule has 2 aromatic rings. The van der Waals surface area contributed by atoms with Crippen molar-refractivity contribution in [2.45, 2.75) is 19.2 Å². The highest BCUT2D eigenvalue weighted by molar-refractivity contribution is 6.00. The van der Waals surface area contributed by atoms with Crippen LogP contribution in [-0.2, 0) is 16.0 Å². The molecule has 136 valence electrons. The molecule has 0 aliphatic carbocycles. The van der Waals surface area contributed by atoms with Gasteiger partial charge in [-0.15, -0.1) is 13.2 Å². The Morgan fingerprint density at radius 3 is 2.54 bits per heavy atom. The van der Waals surface area contributed by atoms with Crippen LogP contribution in [-0.4, -0.2) is 29.9 Å². The van der Waals surface area contributed by atoms with Crippen molar-refractivity contribution in [3.63, 3.8) is 0 Å². The molecule has 0 spiro atoms. The van der Waals surface area contributed by atoms with Crippen LogP contribution < -0.4 is 9.64 Å². The Morgan fingerprint density at radius 1 is 1.12 bits per heavy atom. The van der Waals surface area contributed by atoms with Gasteiger partial charge in [0.25, 0.3) is 0 Å². The van der Waals surface area contributed by atoms with Gasteiger partial charge in [-0.1, -0.05) is 18.2 Å². The number of hydrogen-bond acceptors (Lipinski definition) is 3. The summed E-state index contributed by atoms with van der Waals surface area (Å²) in [4.78, 5) is 24.1. The number of fused-ring (bicyclic) bond motifs is 1. The lowest BCUT2D eigenvalue weighted by Gasteiger charge is -2.28. The van der Waals surface area contributed by atoms with Crippen molar-refractivity contribution >= 4 is 17.6 Å². The number of amides is 1. The topological polar surface area (TPSA) is 66.8 Å². The number of carboxylic acids is 1. The van der Waals surface area contributed by atoms with Gasteiger partial charge in [-0.3, -0.25) is 9.59 Å². The largest absolute Gasteiger partial charge is 0.573 e. The van der Waals surface area contributed by atoms with E-state index in [4.69, 9.17) is 5.11 Å². The maximum Gasteiger partial charge on any atom is 0.573 e. The first kappa shape index (κ1) is 17.8. The highest BCUT2D eigenvalue weighted by atomic mass is 19.4. The van der Waals surface area contributed by atoms with Crippen LogP contribution in [0, 0.1) is 0 Å². The number of anilines is 1. The number of nitrogens with zero attached hydrogens (tertiary/aromatic N) is 1. The highest BCUT2D eigenvalue weighted by Crippen LogP contribution is 2.34. The number of aliphatic carboxylic acids is 1. The molecule has 0 radical (unpaired) electrons. The molecule has 5 nitrogen and oxygen atoms in total. The van der Waals surface area contributed by atoms with Gasteiger partial charge in [0.05, 0.1) is 0 Å². The second-order valence-corrected chi connectivity index (χ2v) is 5.79. The molecular weight excluding hydrogens is 351 g/mol. The number of ether oxygens (including phenoxy) is 1. The summed E-state index contributed by atoms with van der Waals surface area (Å²) in [6, 6.07) is 10.6. The number of halogens is 3. The number of hydrogen-bond donors (Lipinski definition) is 1. The van der Waals surface area contributed by atoms with Crippen LogP contribution >= 0.6 is 0 Å². The average Bonchev–Trinajstić information content (AvgIpc) is 2.55. The molecule has 1 heterocycles. The Hall–Kier alpha value is -3.03. The molecule has 2 aromatic carbocycles. The molecule has 0 aromatic heterocycles. The predicted octanol–water partition coefficient (Wildman–Crippen LogP) is 3.62. The normalized spacial score (nSPS) is 14.1. The first-order chi connectivity index (χ1) is 12.2. The summed E-state index contributed by atoms with van der Waals surface area (Å²) >= 11 is 0. The predicted molar refractivity (Wildman–Crippen MR) is 86.9 cm³/mol. The molecule has 8 heteroatoms. The van der Waals surface area contributed by atoms with Crippen molar-refractivity contribution in [2.24, 2.45) is 0 Å². The number of alkyl halides is 3. The molecule has 0 atom stereocenters. The number of carbonyl (C=O) groups excluding carboxylic acids is 1. The van der Waals surface area contributed by atoms with Crippen LogP contribution in [0.25, 0.3) is 11.1 Å². The molecule has 0 fully saturated rings. The van der Waals surface area contributed by atoms with Crippen molar-refractivity contribution in [1.29, 1.82) is 0 Å². The summed E-state index contributed by atoms with van der Waals surface area (Å²) in [6.45, 7) is -0.430. The monoisotopic (exact) mass is 365 g/mol. The van der Waals surface area contributed by atoms with E-state index in [1.807, 2.05) is 0 Å². The van der Waals surface area contributed by atoms with Gasteiger partial charge in [0, 0.05) is 12.1 Å². The van der Waals surface area contributed by atoms with E-state index in [1.54, 1.807) is 24.3 Å². The second-order valence-electron chi connectivity index (χ2n) is 5.79. The Bertz CT molecular complexity index is 864. The van der Waals surface area contributed by atoms with Crippen molar-refractivity contribution in [2.75, 3.05) is 11.4 Å². The third-order valence-electron chi connectivity index (χ3n) is 3.97. The lowest BCUT2D eigenvalue weighted by molar-refractivity contribution is -0.274. The van der Waals surface area contributed by atoms with E-state index < -0.39 is 18.9 Å². The Kier molecular flexibility index (Phi) is 4.58. The van der Waals surface area contributed by atoms with E-state index in [2.05, 4.69) is 4.74 Å². The van der Waals surface area contributed by atoms with Gasteiger partial charge in [0.15, 0.2) is 0 Å². The number of benzene rings is 2. The van der Waals surface area contributed by atoms with Gasteiger partial charge in [-0.05, 0) is 47.4 Å². The van der Waals surface area contributed by atoms with Crippen molar-refractivity contribution in [1.82, 2.24) is 0 Å². The van der Waals surface area contributed by atoms with Gasteiger partial charge < -0.3 is 14.7 Å². The lowest BCUT2D eigenvalue weighted by Crippen LogP contribution is -2.38. The SMILES string of the molecule is O=C(O)CN1C(=O)CCc2cc(-c3cccc(OC(F)(F)F)c3)ccc21. The molecular formula is C18H14F3NO4. The summed E-state index contributed by atoms with van der Waals surface area (Å²) in [7, 11) is 0. The first-order valence-corrected chi connectivity index (χ1v) is 7.74. The van der Waals surface area contributed by atoms with Crippen molar-refractivity contribution in [3.05, 3.63) is 48.0 Å². The third-order valence-corrected chi connectivity index (χ3v) is 3.97. The summed E-state index contributed by atoms with van der Waals surface area (Å²) < 4.78 is 41.1. The maximum absolute atomic E-state index is 12.4. The molecule has 1 aliphatic heterocycles. The highest BCUT2D eigenvalue weighted by Gasteiger charge is 2.31. The van der Waals surface area contributed by atoms with E-state index in [0.29, 0.717) is 23.2 Å². The zero-order valence-corrected chi connectivity index (χ0v) is 13.4. The van der Waals surface area contributed by atoms with Crippen molar-refractivity contribution < 1.29 is 32.6 Å². The van der Waals surface area contributed by atoms with Gasteiger partial charge in [-0.2, -0.15) is 0 Å². The van der Waals surface area contributed by atoms with Gasteiger partial charge in [0.2, 0.25) is 5.91 Å². The minimum Gasteiger partial charge on any atom is -0.480 e. The van der Waals surface area contributed by atoms with Crippen LogP contribution in [0.5, 0.6) is 5.75 Å². The molecule has 1 aliphatic rings. The smallest absolute Gasteiger partial charge is 0.480 e. The van der Waals surface area contributed by atoms with Crippen LogP contribution in [0.2, 0.25) is 0 Å². The average molecular weight is 365 g/mol. The Morgan fingerprint density at radius 2 is 1.85 bits per heavy atom. The van der Waals surface area contributed by atoms with E-state index in [-0.39, 0.29) is 18.1 Å². The molecule has 0 saturated heterocycles. The quantitative estimate of drug-likeness (QED) is 0.899. The van der Waals surface area contributed by atoms with Gasteiger partial charge in [0.1, 0.15) is 12.3 Å². The third kappa shape index (κ3) is 3.96. The molecule has 3 rings (SSSR count). The molecule has 0 bridgehead atoms. The fourth-order valence-corrected chi connectivity index (χ4v) is 2.92. The number of rotatable bonds is 4. The Balaban J connectivity index is 1.93. The summed E-state index contributed by atoms with van der Waals surface area (Å²) in [6.07, 6.45) is -4.15. The number of carbonyl (C=O) groups is 2. The van der Waals surface area contributed by atoms with E-state index in [0.717, 1.165) is 5.56 Å². The fraction of sp³-hybridized carbons (Fsp3) is 0.222. The van der Waals surface area contributed by atoms with E-state index in [1.165, 1.54) is 23.1 Å². The van der Waals surface area contributed by atoms with Crippen LogP contribution in [0.4, 0.5) is 18.9 Å². The van der Waals surface area contributed by atoms with Gasteiger partial charge in [-0.25, -0.2) is 0 Å². The Labute approximate surface area is 146 Å². The van der Waals surface area contributed by atoms with E-state index in [9.17, 15) is 22.8 Å². The molecule has 26 heavy (non-hydrogen) atoms.